The molecular weight excluding hydrogens is 294 g/mol. The van der Waals surface area contributed by atoms with Crippen molar-refractivity contribution in [2.75, 3.05) is 13.1 Å². The molecule has 0 amide bonds. The molecule has 0 atom stereocenters. The number of rotatable bonds is 8. The van der Waals surface area contributed by atoms with Gasteiger partial charge in [-0.1, -0.05) is 6.92 Å². The first-order chi connectivity index (χ1) is 10.0. The van der Waals surface area contributed by atoms with Crippen LogP contribution in [0.4, 0.5) is 0 Å². The molecule has 0 aliphatic heterocycles. The molecule has 0 aliphatic carbocycles. The minimum atomic E-state index is -3.58. The summed E-state index contributed by atoms with van der Waals surface area (Å²) in [5.74, 6) is 1.62. The molecule has 2 rings (SSSR count). The van der Waals surface area contributed by atoms with Crippen molar-refractivity contribution in [2.24, 2.45) is 0 Å². The Bertz CT molecular complexity index is 663. The van der Waals surface area contributed by atoms with E-state index in [1.807, 2.05) is 6.92 Å². The van der Waals surface area contributed by atoms with Crippen LogP contribution >= 0.6 is 0 Å². The molecule has 0 bridgehead atoms. The largest absolute Gasteiger partial charge is 0.464 e. The quantitative estimate of drug-likeness (QED) is 0.647. The van der Waals surface area contributed by atoms with Gasteiger partial charge in [-0.05, 0) is 13.5 Å². The molecule has 21 heavy (non-hydrogen) atoms. The lowest BCUT2D eigenvalue weighted by molar-refractivity contribution is 0.460. The molecule has 0 saturated carbocycles. The summed E-state index contributed by atoms with van der Waals surface area (Å²) in [5, 5.41) is 9.48. The van der Waals surface area contributed by atoms with Crippen molar-refractivity contribution in [3.05, 3.63) is 29.7 Å². The van der Waals surface area contributed by atoms with Crippen molar-refractivity contribution in [1.29, 1.82) is 0 Å². The Morgan fingerprint density at radius 3 is 2.90 bits per heavy atom. The van der Waals surface area contributed by atoms with Crippen molar-refractivity contribution in [1.82, 2.24) is 25.2 Å². The van der Waals surface area contributed by atoms with Crippen LogP contribution in [0.5, 0.6) is 0 Å². The van der Waals surface area contributed by atoms with E-state index in [4.69, 9.17) is 4.42 Å². The molecule has 2 heterocycles. The molecule has 9 heteroatoms. The van der Waals surface area contributed by atoms with Gasteiger partial charge in [-0.2, -0.15) is 5.10 Å². The first-order valence-corrected chi connectivity index (χ1v) is 8.15. The second kappa shape index (κ2) is 6.83. The molecule has 3 N–H and O–H groups in total. The highest BCUT2D eigenvalue weighted by molar-refractivity contribution is 7.89. The number of furan rings is 1. The number of aromatic nitrogens is 3. The van der Waals surface area contributed by atoms with Crippen LogP contribution in [0.25, 0.3) is 0 Å². The number of sulfonamides is 1. The van der Waals surface area contributed by atoms with Crippen LogP contribution in [0.3, 0.4) is 0 Å². The molecule has 0 spiro atoms. The zero-order valence-electron chi connectivity index (χ0n) is 12.0. The van der Waals surface area contributed by atoms with E-state index in [0.717, 1.165) is 6.54 Å². The van der Waals surface area contributed by atoms with Gasteiger partial charge in [-0.15, -0.1) is 0 Å². The molecule has 0 unspecified atom stereocenters. The Morgan fingerprint density at radius 2 is 2.24 bits per heavy atom. The highest BCUT2D eigenvalue weighted by Crippen LogP contribution is 2.19. The van der Waals surface area contributed by atoms with E-state index in [1.54, 1.807) is 13.0 Å². The van der Waals surface area contributed by atoms with Crippen LogP contribution in [0, 0.1) is 6.92 Å². The standard InChI is InChI=1S/C12H19N5O3S/c1-3-13-7-10-6-11(9(2)20-10)21(18,19)16-5-4-12-14-8-15-17-12/h6,8,13,16H,3-5,7H2,1-2H3,(H,14,15,17). The van der Waals surface area contributed by atoms with Gasteiger partial charge in [-0.3, -0.25) is 5.10 Å². The molecule has 0 aliphatic rings. The Kier molecular flexibility index (Phi) is 5.10. The SMILES string of the molecule is CCNCc1cc(S(=O)(=O)NCCc2ncn[nH]2)c(C)o1. The zero-order chi connectivity index (χ0) is 15.3. The van der Waals surface area contributed by atoms with Gasteiger partial charge in [0.15, 0.2) is 0 Å². The maximum Gasteiger partial charge on any atom is 0.244 e. The second-order valence-corrected chi connectivity index (χ2v) is 6.23. The summed E-state index contributed by atoms with van der Waals surface area (Å²) in [6, 6.07) is 1.55. The lowest BCUT2D eigenvalue weighted by Gasteiger charge is -2.03. The third-order valence-electron chi connectivity index (χ3n) is 2.88. The van der Waals surface area contributed by atoms with Crippen LogP contribution in [-0.2, 0) is 23.0 Å². The highest BCUT2D eigenvalue weighted by Gasteiger charge is 2.21. The van der Waals surface area contributed by atoms with E-state index in [9.17, 15) is 8.42 Å². The number of aromatic amines is 1. The zero-order valence-corrected chi connectivity index (χ0v) is 12.8. The fraction of sp³-hybridized carbons (Fsp3) is 0.500. The number of hydrogen-bond donors (Lipinski definition) is 3. The van der Waals surface area contributed by atoms with Gasteiger partial charge in [0.1, 0.15) is 28.6 Å². The average Bonchev–Trinajstić information content (AvgIpc) is 3.06. The summed E-state index contributed by atoms with van der Waals surface area (Å²) in [6.45, 7) is 5.14. The summed E-state index contributed by atoms with van der Waals surface area (Å²) in [4.78, 5) is 4.11. The number of nitrogens with one attached hydrogen (secondary N) is 3. The van der Waals surface area contributed by atoms with Crippen molar-refractivity contribution in [2.45, 2.75) is 31.7 Å². The van der Waals surface area contributed by atoms with E-state index in [1.165, 1.54) is 6.33 Å². The first-order valence-electron chi connectivity index (χ1n) is 6.67. The highest BCUT2D eigenvalue weighted by atomic mass is 32.2. The fourth-order valence-corrected chi connectivity index (χ4v) is 3.09. The van der Waals surface area contributed by atoms with E-state index in [2.05, 4.69) is 25.2 Å². The molecule has 2 aromatic heterocycles. The lowest BCUT2D eigenvalue weighted by Crippen LogP contribution is -2.26. The third-order valence-corrected chi connectivity index (χ3v) is 4.45. The maximum absolute atomic E-state index is 12.2. The topological polar surface area (TPSA) is 113 Å². The van der Waals surface area contributed by atoms with Crippen molar-refractivity contribution < 1.29 is 12.8 Å². The molecule has 0 radical (unpaired) electrons. The molecule has 116 valence electrons. The van der Waals surface area contributed by atoms with Gasteiger partial charge in [0.2, 0.25) is 10.0 Å². The van der Waals surface area contributed by atoms with E-state index in [0.29, 0.717) is 30.3 Å². The molecule has 0 fully saturated rings. The molecule has 2 aromatic rings. The average molecular weight is 313 g/mol. The minimum absolute atomic E-state index is 0.174. The normalized spacial score (nSPS) is 11.9. The number of H-pyrrole nitrogens is 1. The molecule has 0 aromatic carbocycles. The van der Waals surface area contributed by atoms with Crippen LogP contribution in [0.15, 0.2) is 21.7 Å². The summed E-state index contributed by atoms with van der Waals surface area (Å²) in [5.41, 5.74) is 0. The number of hydrogen-bond acceptors (Lipinski definition) is 6. The Hall–Kier alpha value is -1.71. The summed E-state index contributed by atoms with van der Waals surface area (Å²) in [6.07, 6.45) is 1.83. The Balaban J connectivity index is 1.99. The summed E-state index contributed by atoms with van der Waals surface area (Å²) >= 11 is 0. The van der Waals surface area contributed by atoms with Gasteiger partial charge < -0.3 is 9.73 Å². The predicted octanol–water partition coefficient (Wildman–Crippen LogP) is 0.337. The summed E-state index contributed by atoms with van der Waals surface area (Å²) < 4.78 is 32.4. The van der Waals surface area contributed by atoms with Gasteiger partial charge in [0.25, 0.3) is 0 Å². The lowest BCUT2D eigenvalue weighted by atomic mass is 10.4. The van der Waals surface area contributed by atoms with Crippen LogP contribution in [0.1, 0.15) is 24.3 Å². The van der Waals surface area contributed by atoms with Crippen molar-refractivity contribution in [3.63, 3.8) is 0 Å². The van der Waals surface area contributed by atoms with E-state index >= 15 is 0 Å². The maximum atomic E-state index is 12.2. The molecule has 0 saturated heterocycles. The Morgan fingerprint density at radius 1 is 1.43 bits per heavy atom. The minimum Gasteiger partial charge on any atom is -0.464 e. The number of aryl methyl sites for hydroxylation is 1. The van der Waals surface area contributed by atoms with Crippen LogP contribution < -0.4 is 10.0 Å². The van der Waals surface area contributed by atoms with Crippen molar-refractivity contribution >= 4 is 10.0 Å². The fourth-order valence-electron chi connectivity index (χ4n) is 1.86. The van der Waals surface area contributed by atoms with Crippen LogP contribution in [-0.4, -0.2) is 36.7 Å². The monoisotopic (exact) mass is 313 g/mol. The van der Waals surface area contributed by atoms with Crippen molar-refractivity contribution in [3.8, 4) is 0 Å². The van der Waals surface area contributed by atoms with E-state index < -0.39 is 10.0 Å². The number of nitrogens with zero attached hydrogens (tertiary/aromatic N) is 2. The van der Waals surface area contributed by atoms with Gasteiger partial charge in [-0.25, -0.2) is 18.1 Å². The smallest absolute Gasteiger partial charge is 0.244 e. The van der Waals surface area contributed by atoms with Crippen LogP contribution in [0.2, 0.25) is 0 Å². The first kappa shape index (κ1) is 15.7. The molecule has 8 nitrogen and oxygen atoms in total. The molecular formula is C12H19N5O3S. The predicted molar refractivity (Wildman–Crippen MR) is 76.1 cm³/mol. The second-order valence-electron chi connectivity index (χ2n) is 4.49. The third kappa shape index (κ3) is 4.13. The van der Waals surface area contributed by atoms with E-state index in [-0.39, 0.29) is 11.4 Å². The van der Waals surface area contributed by atoms with Gasteiger partial charge in [0, 0.05) is 19.0 Å². The van der Waals surface area contributed by atoms with Gasteiger partial charge in [0.05, 0.1) is 6.54 Å². The Labute approximate surface area is 123 Å². The summed E-state index contributed by atoms with van der Waals surface area (Å²) in [7, 11) is -3.58. The van der Waals surface area contributed by atoms with Gasteiger partial charge >= 0.3 is 0 Å².